The summed E-state index contributed by atoms with van der Waals surface area (Å²) >= 11 is 4.28. The first-order valence-electron chi connectivity index (χ1n) is 14.8. The fourth-order valence-electron chi connectivity index (χ4n) is 4.64. The first kappa shape index (κ1) is 33.4. The number of hydrogen-bond acceptors (Lipinski definition) is 4. The monoisotopic (exact) mass is 504 g/mol. The van der Waals surface area contributed by atoms with Crippen molar-refractivity contribution in [1.29, 1.82) is 0 Å². The maximum absolute atomic E-state index is 5.95. The van der Waals surface area contributed by atoms with Gasteiger partial charge in [0, 0.05) is 25.9 Å². The van der Waals surface area contributed by atoms with Crippen LogP contribution in [0.2, 0.25) is 6.04 Å². The van der Waals surface area contributed by atoms with E-state index < -0.39 is 8.80 Å². The Hall–Kier alpha value is 0.447. The summed E-state index contributed by atoms with van der Waals surface area (Å²) in [5.41, 5.74) is 0. The van der Waals surface area contributed by atoms with E-state index in [4.69, 9.17) is 13.3 Å². The molecule has 0 rings (SSSR count). The van der Waals surface area contributed by atoms with Crippen molar-refractivity contribution in [2.45, 2.75) is 155 Å². The Morgan fingerprint density at radius 3 is 0.879 bits per heavy atom. The third-order valence-electron chi connectivity index (χ3n) is 6.48. The van der Waals surface area contributed by atoms with E-state index in [1.807, 2.05) is 20.8 Å². The van der Waals surface area contributed by atoms with E-state index in [-0.39, 0.29) is 0 Å². The minimum absolute atomic E-state index is 0.684. The summed E-state index contributed by atoms with van der Waals surface area (Å²) in [6, 6.07) is 0.971. The molecule has 0 aliphatic carbocycles. The van der Waals surface area contributed by atoms with Crippen LogP contribution in [0.4, 0.5) is 0 Å². The Kier molecular flexibility index (Phi) is 27.4. The Balaban J connectivity index is 3.35. The highest BCUT2D eigenvalue weighted by molar-refractivity contribution is 7.80. The molecular formula is C28H60O3SSi. The van der Waals surface area contributed by atoms with E-state index in [0.29, 0.717) is 19.8 Å². The minimum Gasteiger partial charge on any atom is -0.374 e. The summed E-state index contributed by atoms with van der Waals surface area (Å²) in [4.78, 5) is 0. The van der Waals surface area contributed by atoms with Gasteiger partial charge in [0.1, 0.15) is 0 Å². The average Bonchev–Trinajstić information content (AvgIpc) is 2.80. The maximum atomic E-state index is 5.95. The Labute approximate surface area is 215 Å². The lowest BCUT2D eigenvalue weighted by Crippen LogP contribution is -2.45. The van der Waals surface area contributed by atoms with Gasteiger partial charge in [-0.05, 0) is 39.4 Å². The lowest BCUT2D eigenvalue weighted by atomic mass is 10.0. The molecule has 0 atom stereocenters. The van der Waals surface area contributed by atoms with E-state index in [1.165, 1.54) is 128 Å². The fourth-order valence-corrected chi connectivity index (χ4v) is 7.55. The van der Waals surface area contributed by atoms with Gasteiger partial charge in [0.2, 0.25) is 0 Å². The Morgan fingerprint density at radius 2 is 0.636 bits per heavy atom. The van der Waals surface area contributed by atoms with Crippen molar-refractivity contribution in [2.24, 2.45) is 0 Å². The topological polar surface area (TPSA) is 27.7 Å². The van der Waals surface area contributed by atoms with Crippen LogP contribution in [-0.2, 0) is 13.3 Å². The van der Waals surface area contributed by atoms with Crippen LogP contribution in [0.15, 0.2) is 0 Å². The molecule has 0 aromatic carbocycles. The van der Waals surface area contributed by atoms with Gasteiger partial charge in [0.15, 0.2) is 0 Å². The second kappa shape index (κ2) is 27.0. The van der Waals surface area contributed by atoms with Crippen molar-refractivity contribution in [3.05, 3.63) is 0 Å². The molecule has 0 aliphatic rings. The second-order valence-corrected chi connectivity index (χ2v) is 12.7. The molecule has 33 heavy (non-hydrogen) atoms. The van der Waals surface area contributed by atoms with Gasteiger partial charge in [-0.3, -0.25) is 0 Å². The van der Waals surface area contributed by atoms with Gasteiger partial charge in [0.25, 0.3) is 0 Å². The van der Waals surface area contributed by atoms with E-state index in [9.17, 15) is 0 Å². The van der Waals surface area contributed by atoms with E-state index in [1.54, 1.807) is 0 Å². The average molecular weight is 505 g/mol. The molecule has 0 fully saturated rings. The summed E-state index contributed by atoms with van der Waals surface area (Å²) in [7, 11) is -2.41. The Bertz CT molecular complexity index is 354. The van der Waals surface area contributed by atoms with E-state index in [0.717, 1.165) is 11.8 Å². The van der Waals surface area contributed by atoms with Gasteiger partial charge >= 0.3 is 8.80 Å². The van der Waals surface area contributed by atoms with Gasteiger partial charge in [-0.15, -0.1) is 0 Å². The molecule has 0 amide bonds. The molecule has 0 bridgehead atoms. The van der Waals surface area contributed by atoms with Crippen molar-refractivity contribution < 1.29 is 13.3 Å². The first-order valence-corrected chi connectivity index (χ1v) is 17.3. The molecule has 0 spiro atoms. The molecule has 0 saturated heterocycles. The predicted octanol–water partition coefficient (Wildman–Crippen LogP) is 9.77. The molecule has 0 saturated carbocycles. The summed E-state index contributed by atoms with van der Waals surface area (Å²) in [6.45, 7) is 8.17. The highest BCUT2D eigenvalue weighted by Crippen LogP contribution is 2.21. The van der Waals surface area contributed by atoms with Gasteiger partial charge in [-0.2, -0.15) is 12.6 Å². The van der Waals surface area contributed by atoms with Crippen LogP contribution in [0.25, 0.3) is 0 Å². The number of thiol groups is 1. The summed E-state index contributed by atoms with van der Waals surface area (Å²) in [6.07, 6.45) is 28.0. The van der Waals surface area contributed by atoms with Crippen LogP contribution in [0.5, 0.6) is 0 Å². The largest absolute Gasteiger partial charge is 0.500 e. The van der Waals surface area contributed by atoms with E-state index in [2.05, 4.69) is 12.6 Å². The predicted molar refractivity (Wildman–Crippen MR) is 152 cm³/mol. The summed E-state index contributed by atoms with van der Waals surface area (Å²) in [5.74, 6) is 1.06. The summed E-state index contributed by atoms with van der Waals surface area (Å²) < 4.78 is 17.8. The Morgan fingerprint density at radius 1 is 0.394 bits per heavy atom. The normalized spacial score (nSPS) is 12.0. The zero-order valence-corrected chi connectivity index (χ0v) is 24.7. The van der Waals surface area contributed by atoms with Crippen molar-refractivity contribution in [2.75, 3.05) is 25.6 Å². The molecule has 200 valence electrons. The standard InChI is InChI=1S/C28H60O3SSi/c1-4-29-33(30-5-2,31-6-3)28-26-24-22-20-18-16-14-12-10-8-7-9-11-13-15-17-19-21-23-25-27-32/h32H,4-28H2,1-3H3. The first-order chi connectivity index (χ1) is 16.2. The lowest BCUT2D eigenvalue weighted by Gasteiger charge is -2.28. The molecule has 0 unspecified atom stereocenters. The van der Waals surface area contributed by atoms with Crippen LogP contribution >= 0.6 is 12.6 Å². The van der Waals surface area contributed by atoms with Gasteiger partial charge in [0.05, 0.1) is 0 Å². The molecule has 0 radical (unpaired) electrons. The molecule has 0 N–H and O–H groups in total. The number of rotatable bonds is 28. The van der Waals surface area contributed by atoms with E-state index >= 15 is 0 Å². The summed E-state index contributed by atoms with van der Waals surface area (Å²) in [5, 5.41) is 0. The molecule has 0 aromatic rings. The van der Waals surface area contributed by atoms with Crippen LogP contribution in [0.3, 0.4) is 0 Å². The highest BCUT2D eigenvalue weighted by Gasteiger charge is 2.39. The van der Waals surface area contributed by atoms with Gasteiger partial charge in [-0.25, -0.2) is 0 Å². The zero-order valence-electron chi connectivity index (χ0n) is 22.8. The fraction of sp³-hybridized carbons (Fsp3) is 1.00. The molecule has 3 nitrogen and oxygen atoms in total. The van der Waals surface area contributed by atoms with Crippen LogP contribution in [0, 0.1) is 0 Å². The molecular weight excluding hydrogens is 444 g/mol. The molecule has 0 aliphatic heterocycles. The van der Waals surface area contributed by atoms with Gasteiger partial charge < -0.3 is 13.3 Å². The highest BCUT2D eigenvalue weighted by atomic mass is 32.1. The number of hydrogen-bond donors (Lipinski definition) is 1. The third kappa shape index (κ3) is 22.6. The smallest absolute Gasteiger partial charge is 0.374 e. The molecule has 5 heteroatoms. The quantitative estimate of drug-likeness (QED) is 0.0652. The van der Waals surface area contributed by atoms with Crippen LogP contribution in [-0.4, -0.2) is 34.4 Å². The van der Waals surface area contributed by atoms with Crippen molar-refractivity contribution in [3.8, 4) is 0 Å². The zero-order chi connectivity index (χ0) is 24.3. The second-order valence-electron chi connectivity index (χ2n) is 9.53. The molecule has 0 aromatic heterocycles. The van der Waals surface area contributed by atoms with Crippen molar-refractivity contribution >= 4 is 21.4 Å². The van der Waals surface area contributed by atoms with Crippen molar-refractivity contribution in [3.63, 3.8) is 0 Å². The van der Waals surface area contributed by atoms with Crippen LogP contribution < -0.4 is 0 Å². The maximum Gasteiger partial charge on any atom is 0.500 e. The van der Waals surface area contributed by atoms with Crippen molar-refractivity contribution in [1.82, 2.24) is 0 Å². The molecule has 0 heterocycles. The number of unbranched alkanes of at least 4 members (excludes halogenated alkanes) is 19. The van der Waals surface area contributed by atoms with Crippen LogP contribution in [0.1, 0.15) is 149 Å². The van der Waals surface area contributed by atoms with Gasteiger partial charge in [-0.1, -0.05) is 116 Å². The SMILES string of the molecule is CCO[Si](CCCCCCCCCCCCCCCCCCCCCCS)(OCC)OCC. The third-order valence-corrected chi connectivity index (χ3v) is 9.95. The minimum atomic E-state index is -2.41. The lowest BCUT2D eigenvalue weighted by molar-refractivity contribution is 0.0706.